The van der Waals surface area contributed by atoms with Crippen LogP contribution in [-0.4, -0.2) is 10.2 Å². The summed E-state index contributed by atoms with van der Waals surface area (Å²) in [5, 5.41) is 19.4. The number of rotatable bonds is 2. The first-order chi connectivity index (χ1) is 11.0. The zero-order valence-corrected chi connectivity index (χ0v) is 13.6. The van der Waals surface area contributed by atoms with Gasteiger partial charge in [-0.2, -0.15) is 5.26 Å². The van der Waals surface area contributed by atoms with Gasteiger partial charge >= 0.3 is 0 Å². The molecule has 0 fully saturated rings. The Bertz CT molecular complexity index is 917. The number of hydrogen-bond acceptors (Lipinski definition) is 5. The van der Waals surface area contributed by atoms with Gasteiger partial charge in [0.1, 0.15) is 0 Å². The average molecular weight is 323 g/mol. The van der Waals surface area contributed by atoms with Crippen molar-refractivity contribution in [3.63, 3.8) is 0 Å². The fourth-order valence-electron chi connectivity index (χ4n) is 2.49. The molecule has 0 atom stereocenters. The van der Waals surface area contributed by atoms with Crippen molar-refractivity contribution >= 4 is 16.5 Å². The van der Waals surface area contributed by atoms with Crippen LogP contribution in [0.4, 0.5) is 5.13 Å². The summed E-state index contributed by atoms with van der Waals surface area (Å²) in [6, 6.07) is 13.2. The van der Waals surface area contributed by atoms with Gasteiger partial charge in [0.25, 0.3) is 0 Å². The zero-order valence-electron chi connectivity index (χ0n) is 12.7. The Kier molecular flexibility index (Phi) is 3.72. The molecular formula is C17H15N4OS+. The Balaban J connectivity index is 2.21. The van der Waals surface area contributed by atoms with Gasteiger partial charge in [0.2, 0.25) is 11.4 Å². The normalized spacial score (nSPS) is 10.5. The van der Waals surface area contributed by atoms with Crippen LogP contribution in [-0.2, 0) is 0 Å². The van der Waals surface area contributed by atoms with Crippen molar-refractivity contribution in [2.45, 2.75) is 13.8 Å². The summed E-state index contributed by atoms with van der Waals surface area (Å²) in [4.78, 5) is 5.35. The first-order valence-electron chi connectivity index (χ1n) is 6.99. The number of thiazole rings is 1. The lowest BCUT2D eigenvalue weighted by molar-refractivity contribution is -0.912. The maximum atomic E-state index is 9.88. The molecule has 0 aliphatic rings. The van der Waals surface area contributed by atoms with E-state index >= 15 is 0 Å². The SMILES string of the molecule is Cc1cc(-c2sc(N)nc2-c2cccc(C#N)c2)cc(C)[n+]1O. The number of pyridine rings is 1. The van der Waals surface area contributed by atoms with Crippen molar-refractivity contribution in [3.05, 3.63) is 53.3 Å². The van der Waals surface area contributed by atoms with Crippen molar-refractivity contribution in [1.82, 2.24) is 4.98 Å². The summed E-state index contributed by atoms with van der Waals surface area (Å²) in [5.41, 5.74) is 10.5. The number of aryl methyl sites for hydroxylation is 2. The highest BCUT2D eigenvalue weighted by atomic mass is 32.1. The minimum atomic E-state index is 0.466. The third-order valence-electron chi connectivity index (χ3n) is 3.57. The Morgan fingerprint density at radius 2 is 1.87 bits per heavy atom. The molecule has 1 aromatic carbocycles. The molecule has 23 heavy (non-hydrogen) atoms. The fourth-order valence-corrected chi connectivity index (χ4v) is 3.33. The third kappa shape index (κ3) is 2.74. The minimum Gasteiger partial charge on any atom is -0.375 e. The van der Waals surface area contributed by atoms with Crippen LogP contribution in [0.1, 0.15) is 17.0 Å². The second-order valence-corrected chi connectivity index (χ2v) is 6.29. The van der Waals surface area contributed by atoms with Gasteiger partial charge in [0.05, 0.1) is 22.2 Å². The first-order valence-corrected chi connectivity index (χ1v) is 7.81. The van der Waals surface area contributed by atoms with E-state index in [0.717, 1.165) is 37.8 Å². The van der Waals surface area contributed by atoms with Gasteiger partial charge in [0, 0.05) is 41.8 Å². The molecule has 2 heterocycles. The van der Waals surface area contributed by atoms with Gasteiger partial charge in [-0.1, -0.05) is 23.5 Å². The number of nitrogens with zero attached hydrogens (tertiary/aromatic N) is 3. The summed E-state index contributed by atoms with van der Waals surface area (Å²) in [6.07, 6.45) is 0. The Morgan fingerprint density at radius 1 is 1.17 bits per heavy atom. The number of nitrogens with two attached hydrogens (primary N) is 1. The maximum Gasteiger partial charge on any atom is 0.232 e. The highest BCUT2D eigenvalue weighted by Gasteiger charge is 2.19. The molecule has 0 saturated heterocycles. The predicted molar refractivity (Wildman–Crippen MR) is 89.0 cm³/mol. The lowest BCUT2D eigenvalue weighted by Crippen LogP contribution is -2.36. The van der Waals surface area contributed by atoms with E-state index in [1.54, 1.807) is 12.1 Å². The molecule has 3 aromatic rings. The monoisotopic (exact) mass is 323 g/mol. The summed E-state index contributed by atoms with van der Waals surface area (Å²) < 4.78 is 1.14. The van der Waals surface area contributed by atoms with Gasteiger partial charge in [-0.3, -0.25) is 5.21 Å². The highest BCUT2D eigenvalue weighted by Crippen LogP contribution is 2.38. The summed E-state index contributed by atoms with van der Waals surface area (Å²) >= 11 is 1.39. The average Bonchev–Trinajstić information content (AvgIpc) is 2.94. The van der Waals surface area contributed by atoms with Crippen LogP contribution in [0.5, 0.6) is 0 Å². The van der Waals surface area contributed by atoms with Crippen LogP contribution in [0.25, 0.3) is 21.7 Å². The van der Waals surface area contributed by atoms with Crippen molar-refractivity contribution in [2.24, 2.45) is 0 Å². The van der Waals surface area contributed by atoms with Crippen molar-refractivity contribution in [2.75, 3.05) is 5.73 Å². The van der Waals surface area contributed by atoms with E-state index in [9.17, 15) is 5.21 Å². The quantitative estimate of drug-likeness (QED) is 0.560. The standard InChI is InChI=1S/C17H14N4OS/c1-10-6-14(7-11(2)21(10)22)16-15(20-17(19)23-16)13-5-3-4-12(8-13)9-18/h3-8,19,22H,1-2H3/p+1. The topological polar surface area (TPSA) is 86.8 Å². The van der Waals surface area contributed by atoms with Gasteiger partial charge in [-0.05, 0) is 12.1 Å². The van der Waals surface area contributed by atoms with E-state index in [-0.39, 0.29) is 0 Å². The molecule has 2 aromatic heterocycles. The number of hydrogen-bond donors (Lipinski definition) is 2. The molecule has 114 valence electrons. The van der Waals surface area contributed by atoms with Gasteiger partial charge in [-0.25, -0.2) is 4.98 Å². The Hall–Kier alpha value is -2.91. The second-order valence-electron chi connectivity index (χ2n) is 5.26. The van der Waals surface area contributed by atoms with Crippen molar-refractivity contribution in [1.29, 1.82) is 5.26 Å². The molecule has 0 saturated carbocycles. The van der Waals surface area contributed by atoms with Crippen molar-refractivity contribution < 1.29 is 9.94 Å². The summed E-state index contributed by atoms with van der Waals surface area (Å²) in [6.45, 7) is 3.66. The van der Waals surface area contributed by atoms with Crippen LogP contribution in [0, 0.1) is 25.2 Å². The first kappa shape index (κ1) is 15.0. The summed E-state index contributed by atoms with van der Waals surface area (Å²) in [5.74, 6) is 0. The van der Waals surface area contributed by atoms with E-state index in [0.29, 0.717) is 10.7 Å². The van der Waals surface area contributed by atoms with E-state index in [1.165, 1.54) is 11.3 Å². The Morgan fingerprint density at radius 3 is 2.52 bits per heavy atom. The molecule has 0 amide bonds. The van der Waals surface area contributed by atoms with E-state index in [2.05, 4.69) is 11.1 Å². The second kappa shape index (κ2) is 5.71. The van der Waals surface area contributed by atoms with Crippen LogP contribution < -0.4 is 10.5 Å². The minimum absolute atomic E-state index is 0.466. The number of aromatic nitrogens is 2. The third-order valence-corrected chi connectivity index (χ3v) is 4.50. The molecule has 0 aliphatic carbocycles. The number of anilines is 1. The molecule has 0 bridgehead atoms. The lowest BCUT2D eigenvalue weighted by atomic mass is 10.0. The molecule has 3 rings (SSSR count). The van der Waals surface area contributed by atoms with Crippen molar-refractivity contribution in [3.8, 4) is 27.8 Å². The lowest BCUT2D eigenvalue weighted by Gasteiger charge is -2.04. The molecule has 0 unspecified atom stereocenters. The smallest absolute Gasteiger partial charge is 0.232 e. The van der Waals surface area contributed by atoms with Gasteiger partial charge in [-0.15, -0.1) is 0 Å². The van der Waals surface area contributed by atoms with E-state index in [1.807, 2.05) is 38.1 Å². The molecule has 3 N–H and O–H groups in total. The maximum absolute atomic E-state index is 9.88. The van der Waals surface area contributed by atoms with Crippen LogP contribution >= 0.6 is 11.3 Å². The zero-order chi connectivity index (χ0) is 16.6. The van der Waals surface area contributed by atoms with E-state index < -0.39 is 0 Å². The molecule has 0 radical (unpaired) electrons. The van der Waals surface area contributed by atoms with E-state index in [4.69, 9.17) is 11.0 Å². The fraction of sp³-hybridized carbons (Fsp3) is 0.118. The highest BCUT2D eigenvalue weighted by molar-refractivity contribution is 7.19. The van der Waals surface area contributed by atoms with Gasteiger partial charge < -0.3 is 5.73 Å². The largest absolute Gasteiger partial charge is 0.375 e. The molecular weight excluding hydrogens is 308 g/mol. The predicted octanol–water partition coefficient (Wildman–Crippen LogP) is 3.07. The van der Waals surface area contributed by atoms with Crippen LogP contribution in [0.15, 0.2) is 36.4 Å². The van der Waals surface area contributed by atoms with Crippen LogP contribution in [0.2, 0.25) is 0 Å². The van der Waals surface area contributed by atoms with Gasteiger partial charge in [0.15, 0.2) is 5.13 Å². The number of benzene rings is 1. The summed E-state index contributed by atoms with van der Waals surface area (Å²) in [7, 11) is 0. The number of nitriles is 1. The number of nitrogen functional groups attached to an aromatic ring is 1. The molecule has 0 spiro atoms. The van der Waals surface area contributed by atoms with Crippen LogP contribution in [0.3, 0.4) is 0 Å². The Labute approximate surface area is 137 Å². The molecule has 6 heteroatoms. The molecule has 0 aliphatic heterocycles. The molecule has 5 nitrogen and oxygen atoms in total.